The summed E-state index contributed by atoms with van der Waals surface area (Å²) in [4.78, 5) is 25.4. The van der Waals surface area contributed by atoms with Gasteiger partial charge in [-0.25, -0.2) is 4.39 Å². The molecule has 2 aromatic rings. The van der Waals surface area contributed by atoms with Gasteiger partial charge in [0.05, 0.1) is 25.3 Å². The molecular weight excluding hydrogens is 449 g/mol. The lowest BCUT2D eigenvalue weighted by atomic mass is 10.1. The van der Waals surface area contributed by atoms with E-state index in [1.165, 1.54) is 24.3 Å². The Balaban J connectivity index is 1.57. The fourth-order valence-corrected chi connectivity index (χ4v) is 3.67. The van der Waals surface area contributed by atoms with Gasteiger partial charge in [-0.2, -0.15) is 0 Å². The van der Waals surface area contributed by atoms with Crippen LogP contribution in [-0.2, 0) is 20.7 Å². The fraction of sp³-hybridized carbons (Fsp3) is 0.360. The number of nitrogens with zero attached hydrogens (tertiary/aromatic N) is 1. The number of ether oxygens (including phenoxy) is 3. The van der Waals surface area contributed by atoms with Crippen molar-refractivity contribution in [1.29, 1.82) is 0 Å². The molecule has 2 aromatic carbocycles. The van der Waals surface area contributed by atoms with Crippen LogP contribution in [0.3, 0.4) is 0 Å². The summed E-state index contributed by atoms with van der Waals surface area (Å²) in [6.45, 7) is 2.94. The van der Waals surface area contributed by atoms with E-state index in [1.807, 2.05) is 12.1 Å². The number of hydrogen-bond acceptors (Lipinski definition) is 5. The summed E-state index contributed by atoms with van der Waals surface area (Å²) in [5, 5.41) is 0.244. The molecular formula is C25H27ClFNO5. The van der Waals surface area contributed by atoms with Crippen molar-refractivity contribution in [2.24, 2.45) is 0 Å². The number of methoxy groups -OCH3 is 1. The van der Waals surface area contributed by atoms with Crippen molar-refractivity contribution in [3.05, 3.63) is 64.4 Å². The first-order chi connectivity index (χ1) is 15.9. The number of rotatable bonds is 9. The van der Waals surface area contributed by atoms with Crippen LogP contribution >= 0.6 is 11.6 Å². The number of amides is 1. The first-order valence-corrected chi connectivity index (χ1v) is 11.1. The molecule has 6 nitrogen and oxygen atoms in total. The van der Waals surface area contributed by atoms with E-state index in [0.29, 0.717) is 44.0 Å². The Hall–Kier alpha value is -2.90. The molecule has 0 bridgehead atoms. The summed E-state index contributed by atoms with van der Waals surface area (Å²) < 4.78 is 31.0. The lowest BCUT2D eigenvalue weighted by Crippen LogP contribution is -2.47. The number of carbonyl (C=O) groups excluding carboxylic acids is 2. The van der Waals surface area contributed by atoms with E-state index >= 15 is 0 Å². The predicted molar refractivity (Wildman–Crippen MR) is 124 cm³/mol. The molecule has 1 amide bonds. The van der Waals surface area contributed by atoms with Gasteiger partial charge in [-0.05, 0) is 49.2 Å². The predicted octanol–water partition coefficient (Wildman–Crippen LogP) is 4.33. The number of benzene rings is 2. The highest BCUT2D eigenvalue weighted by atomic mass is 35.5. The van der Waals surface area contributed by atoms with Gasteiger partial charge in [0.1, 0.15) is 24.3 Å². The molecule has 1 fully saturated rings. The summed E-state index contributed by atoms with van der Waals surface area (Å²) >= 11 is 6.01. The summed E-state index contributed by atoms with van der Waals surface area (Å²) in [6.07, 6.45) is 3.49. The summed E-state index contributed by atoms with van der Waals surface area (Å²) in [5.41, 5.74) is 1.17. The Labute approximate surface area is 197 Å². The Kier molecular flexibility index (Phi) is 8.86. The smallest absolute Gasteiger partial charge is 0.246 e. The van der Waals surface area contributed by atoms with Crippen molar-refractivity contribution >= 4 is 29.4 Å². The number of carbonyl (C=O) groups is 2. The van der Waals surface area contributed by atoms with Crippen molar-refractivity contribution in [1.82, 2.24) is 4.90 Å². The Bertz CT molecular complexity index is 1010. The van der Waals surface area contributed by atoms with Crippen LogP contribution in [0.4, 0.5) is 4.39 Å². The second-order valence-corrected chi connectivity index (χ2v) is 8.15. The molecule has 0 spiro atoms. The number of Topliss-reactive ketones (excluding diaryl/α,β-unsaturated/α-hetero) is 1. The molecule has 0 aliphatic carbocycles. The molecule has 1 aliphatic rings. The van der Waals surface area contributed by atoms with Crippen molar-refractivity contribution in [3.8, 4) is 11.5 Å². The average Bonchev–Trinajstić information content (AvgIpc) is 2.81. The zero-order valence-corrected chi connectivity index (χ0v) is 19.4. The third-order valence-electron chi connectivity index (χ3n) is 5.26. The maximum Gasteiger partial charge on any atom is 0.246 e. The highest BCUT2D eigenvalue weighted by molar-refractivity contribution is 6.32. The fourth-order valence-electron chi connectivity index (χ4n) is 3.44. The van der Waals surface area contributed by atoms with E-state index in [-0.39, 0.29) is 35.0 Å². The van der Waals surface area contributed by atoms with Crippen LogP contribution in [0.15, 0.2) is 42.5 Å². The number of aryl methyl sites for hydroxylation is 1. The van der Waals surface area contributed by atoms with Crippen molar-refractivity contribution in [2.45, 2.75) is 25.9 Å². The second-order valence-electron chi connectivity index (χ2n) is 7.74. The van der Waals surface area contributed by atoms with Crippen molar-refractivity contribution in [2.75, 3.05) is 33.4 Å². The highest BCUT2D eigenvalue weighted by Gasteiger charge is 2.24. The third-order valence-corrected chi connectivity index (χ3v) is 5.59. The van der Waals surface area contributed by atoms with Gasteiger partial charge in [0, 0.05) is 24.6 Å². The largest absolute Gasteiger partial charge is 0.493 e. The van der Waals surface area contributed by atoms with Gasteiger partial charge in [-0.1, -0.05) is 23.7 Å². The topological polar surface area (TPSA) is 65.1 Å². The molecule has 176 valence electrons. The minimum Gasteiger partial charge on any atom is -0.493 e. The van der Waals surface area contributed by atoms with Crippen LogP contribution in [0.25, 0.3) is 6.08 Å². The van der Waals surface area contributed by atoms with Gasteiger partial charge in [0.25, 0.3) is 0 Å². The minimum atomic E-state index is -0.485. The monoisotopic (exact) mass is 475 g/mol. The van der Waals surface area contributed by atoms with E-state index in [1.54, 1.807) is 31.1 Å². The standard InChI is InChI=1S/C25H27ClFNO5/c1-17(29)6-7-18-8-10-23(24(14-18)31-2)33-16-19-15-28(12-13-32-19)25(30)11-9-20-21(26)4-3-5-22(20)27/h3-5,8-11,14,19H,6-7,12-13,15-16H2,1-2H3. The molecule has 0 aromatic heterocycles. The number of hydrogen-bond donors (Lipinski definition) is 0. The molecule has 1 aliphatic heterocycles. The molecule has 0 radical (unpaired) electrons. The van der Waals surface area contributed by atoms with Gasteiger partial charge >= 0.3 is 0 Å². The molecule has 1 atom stereocenters. The first kappa shape index (κ1) is 24.7. The van der Waals surface area contributed by atoms with Gasteiger partial charge in [0.15, 0.2) is 11.5 Å². The number of morpholine rings is 1. The summed E-state index contributed by atoms with van der Waals surface area (Å²) in [7, 11) is 1.56. The lowest BCUT2D eigenvalue weighted by molar-refractivity contribution is -0.134. The molecule has 8 heteroatoms. The van der Waals surface area contributed by atoms with Crippen LogP contribution in [0, 0.1) is 5.82 Å². The van der Waals surface area contributed by atoms with E-state index in [9.17, 15) is 14.0 Å². The molecule has 1 heterocycles. The van der Waals surface area contributed by atoms with Crippen LogP contribution in [0.5, 0.6) is 11.5 Å². The average molecular weight is 476 g/mol. The van der Waals surface area contributed by atoms with E-state index in [2.05, 4.69) is 0 Å². The Morgan fingerprint density at radius 1 is 1.27 bits per heavy atom. The third kappa shape index (κ3) is 7.04. The van der Waals surface area contributed by atoms with Crippen molar-refractivity contribution < 1.29 is 28.2 Å². The zero-order chi connectivity index (χ0) is 23.8. The molecule has 0 N–H and O–H groups in total. The summed E-state index contributed by atoms with van der Waals surface area (Å²) in [6, 6.07) is 9.94. The van der Waals surface area contributed by atoms with Gasteiger partial charge in [-0.3, -0.25) is 4.79 Å². The van der Waals surface area contributed by atoms with Crippen molar-refractivity contribution in [3.63, 3.8) is 0 Å². The highest BCUT2D eigenvalue weighted by Crippen LogP contribution is 2.29. The maximum atomic E-state index is 13.9. The van der Waals surface area contributed by atoms with E-state index in [0.717, 1.165) is 5.56 Å². The van der Waals surface area contributed by atoms with Crippen LogP contribution in [0.1, 0.15) is 24.5 Å². The second kappa shape index (κ2) is 11.8. The van der Waals surface area contributed by atoms with Crippen LogP contribution in [-0.4, -0.2) is 56.1 Å². The molecule has 3 rings (SSSR count). The normalized spacial score (nSPS) is 16.1. The molecule has 0 saturated carbocycles. The lowest BCUT2D eigenvalue weighted by Gasteiger charge is -2.32. The number of halogens is 2. The van der Waals surface area contributed by atoms with E-state index in [4.69, 9.17) is 25.8 Å². The minimum absolute atomic E-state index is 0.134. The summed E-state index contributed by atoms with van der Waals surface area (Å²) in [5.74, 6) is 0.528. The van der Waals surface area contributed by atoms with Gasteiger partial charge in [-0.15, -0.1) is 0 Å². The van der Waals surface area contributed by atoms with Gasteiger partial charge in [0.2, 0.25) is 5.91 Å². The SMILES string of the molecule is COc1cc(CCC(C)=O)ccc1OCC1CN(C(=O)C=Cc2c(F)cccc2Cl)CCO1. The van der Waals surface area contributed by atoms with Crippen LogP contribution in [0.2, 0.25) is 5.02 Å². The first-order valence-electron chi connectivity index (χ1n) is 10.7. The molecule has 33 heavy (non-hydrogen) atoms. The Morgan fingerprint density at radius 3 is 2.82 bits per heavy atom. The number of ketones is 1. The van der Waals surface area contributed by atoms with Crippen LogP contribution < -0.4 is 9.47 Å². The quantitative estimate of drug-likeness (QED) is 0.505. The molecule has 1 saturated heterocycles. The maximum absolute atomic E-state index is 13.9. The van der Waals surface area contributed by atoms with Gasteiger partial charge < -0.3 is 23.9 Å². The zero-order valence-electron chi connectivity index (χ0n) is 18.7. The van der Waals surface area contributed by atoms with E-state index < -0.39 is 5.82 Å². The molecule has 1 unspecified atom stereocenters. The Morgan fingerprint density at radius 2 is 2.09 bits per heavy atom.